The summed E-state index contributed by atoms with van der Waals surface area (Å²) in [4.78, 5) is 16.1. The van der Waals surface area contributed by atoms with Crippen molar-refractivity contribution in [2.24, 2.45) is 0 Å². The van der Waals surface area contributed by atoms with E-state index >= 15 is 0 Å². The standard InChI is InChI=1S/C24H22N4/c1-2-10-20(11-3-1)24(23-14-6-9-17-27-23)28(18-21-12-4-7-15-25-21)19-22-13-5-8-16-26-22/h1-17,24H,18-19H2. The highest BCUT2D eigenvalue weighted by atomic mass is 15.2. The van der Waals surface area contributed by atoms with Crippen LogP contribution in [0.15, 0.2) is 104 Å². The maximum atomic E-state index is 4.68. The zero-order valence-electron chi connectivity index (χ0n) is 15.6. The predicted molar refractivity (Wildman–Crippen MR) is 110 cm³/mol. The fourth-order valence-electron chi connectivity index (χ4n) is 3.38. The highest BCUT2D eigenvalue weighted by Gasteiger charge is 2.24. The summed E-state index contributed by atoms with van der Waals surface area (Å²) in [6.07, 6.45) is 5.53. The number of benzene rings is 1. The molecular formula is C24H22N4. The van der Waals surface area contributed by atoms with Crippen molar-refractivity contribution in [1.82, 2.24) is 19.9 Å². The average molecular weight is 366 g/mol. The Balaban J connectivity index is 1.76. The lowest BCUT2D eigenvalue weighted by Crippen LogP contribution is -2.30. The van der Waals surface area contributed by atoms with Gasteiger partial charge in [0, 0.05) is 31.7 Å². The second-order valence-electron chi connectivity index (χ2n) is 6.61. The summed E-state index contributed by atoms with van der Waals surface area (Å²) in [6.45, 7) is 1.40. The molecular weight excluding hydrogens is 344 g/mol. The maximum Gasteiger partial charge on any atom is 0.0783 e. The molecule has 0 spiro atoms. The van der Waals surface area contributed by atoms with Crippen LogP contribution in [0, 0.1) is 0 Å². The van der Waals surface area contributed by atoms with Gasteiger partial charge in [0.2, 0.25) is 0 Å². The van der Waals surface area contributed by atoms with Crippen LogP contribution in [0.5, 0.6) is 0 Å². The first kappa shape index (κ1) is 18.0. The number of nitrogens with zero attached hydrogens (tertiary/aromatic N) is 4. The number of rotatable bonds is 7. The monoisotopic (exact) mass is 366 g/mol. The Bertz CT molecular complexity index is 879. The third kappa shape index (κ3) is 4.48. The first-order chi connectivity index (χ1) is 13.9. The summed E-state index contributed by atoms with van der Waals surface area (Å²) in [5.41, 5.74) is 4.26. The van der Waals surface area contributed by atoms with Crippen molar-refractivity contribution < 1.29 is 0 Å². The minimum atomic E-state index is 0.00594. The Morgan fingerprint density at radius 2 is 1.11 bits per heavy atom. The van der Waals surface area contributed by atoms with Gasteiger partial charge in [-0.25, -0.2) is 0 Å². The fourth-order valence-corrected chi connectivity index (χ4v) is 3.38. The Hall–Kier alpha value is -3.37. The van der Waals surface area contributed by atoms with Crippen LogP contribution in [0.3, 0.4) is 0 Å². The van der Waals surface area contributed by atoms with Crippen molar-refractivity contribution >= 4 is 0 Å². The summed E-state index contributed by atoms with van der Waals surface area (Å²) in [5.74, 6) is 0. The number of hydrogen-bond donors (Lipinski definition) is 0. The predicted octanol–water partition coefficient (Wildman–Crippen LogP) is 4.66. The minimum absolute atomic E-state index is 0.00594. The molecule has 1 unspecified atom stereocenters. The van der Waals surface area contributed by atoms with Crippen LogP contribution >= 0.6 is 0 Å². The highest BCUT2D eigenvalue weighted by molar-refractivity contribution is 5.28. The zero-order chi connectivity index (χ0) is 19.0. The van der Waals surface area contributed by atoms with Gasteiger partial charge in [-0.15, -0.1) is 0 Å². The summed E-state index contributed by atoms with van der Waals surface area (Å²) in [5, 5.41) is 0. The van der Waals surface area contributed by atoms with Gasteiger partial charge in [-0.2, -0.15) is 0 Å². The van der Waals surface area contributed by atoms with Gasteiger partial charge in [0.05, 0.1) is 23.1 Å². The second-order valence-corrected chi connectivity index (χ2v) is 6.61. The van der Waals surface area contributed by atoms with Gasteiger partial charge >= 0.3 is 0 Å². The molecule has 0 fully saturated rings. The lowest BCUT2D eigenvalue weighted by molar-refractivity contribution is 0.198. The molecule has 28 heavy (non-hydrogen) atoms. The molecule has 1 aromatic carbocycles. The average Bonchev–Trinajstić information content (AvgIpc) is 2.77. The molecule has 0 bridgehead atoms. The number of pyridine rings is 3. The van der Waals surface area contributed by atoms with Crippen LogP contribution in [0.1, 0.15) is 28.7 Å². The normalized spacial score (nSPS) is 12.0. The van der Waals surface area contributed by atoms with Gasteiger partial charge in [0.15, 0.2) is 0 Å². The first-order valence-corrected chi connectivity index (χ1v) is 9.40. The summed E-state index contributed by atoms with van der Waals surface area (Å²) in [6, 6.07) is 28.7. The molecule has 0 saturated heterocycles. The van der Waals surface area contributed by atoms with E-state index in [1.165, 1.54) is 5.56 Å². The SMILES string of the molecule is c1ccc(C(c2ccccn2)N(Cc2ccccn2)Cc2ccccn2)cc1. The Morgan fingerprint density at radius 3 is 1.61 bits per heavy atom. The molecule has 0 aliphatic carbocycles. The van der Waals surface area contributed by atoms with Crippen LogP contribution in [0.4, 0.5) is 0 Å². The topological polar surface area (TPSA) is 41.9 Å². The van der Waals surface area contributed by atoms with Crippen molar-refractivity contribution in [3.63, 3.8) is 0 Å². The first-order valence-electron chi connectivity index (χ1n) is 9.40. The Labute approximate surface area is 165 Å². The second kappa shape index (κ2) is 9.02. The van der Waals surface area contributed by atoms with Gasteiger partial charge in [0.1, 0.15) is 0 Å². The Kier molecular flexibility index (Phi) is 5.80. The van der Waals surface area contributed by atoms with Crippen molar-refractivity contribution in [3.05, 3.63) is 126 Å². The number of aromatic nitrogens is 3. The molecule has 4 heteroatoms. The molecule has 0 amide bonds. The minimum Gasteiger partial charge on any atom is -0.279 e. The highest BCUT2D eigenvalue weighted by Crippen LogP contribution is 2.29. The van der Waals surface area contributed by atoms with E-state index in [2.05, 4.69) is 62.3 Å². The maximum absolute atomic E-state index is 4.68. The third-order valence-electron chi connectivity index (χ3n) is 4.63. The van der Waals surface area contributed by atoms with Crippen LogP contribution in [-0.2, 0) is 13.1 Å². The molecule has 4 nitrogen and oxygen atoms in total. The van der Waals surface area contributed by atoms with Crippen molar-refractivity contribution in [2.45, 2.75) is 19.1 Å². The fraction of sp³-hybridized carbons (Fsp3) is 0.125. The van der Waals surface area contributed by atoms with Crippen LogP contribution < -0.4 is 0 Å². The lowest BCUT2D eigenvalue weighted by Gasteiger charge is -2.31. The third-order valence-corrected chi connectivity index (χ3v) is 4.63. The van der Waals surface area contributed by atoms with E-state index in [4.69, 9.17) is 0 Å². The van der Waals surface area contributed by atoms with E-state index in [1.54, 1.807) is 0 Å². The van der Waals surface area contributed by atoms with Gasteiger partial charge < -0.3 is 0 Å². The van der Waals surface area contributed by atoms with Crippen molar-refractivity contribution in [2.75, 3.05) is 0 Å². The van der Waals surface area contributed by atoms with Crippen LogP contribution in [0.25, 0.3) is 0 Å². The van der Waals surface area contributed by atoms with Gasteiger partial charge in [-0.1, -0.05) is 48.5 Å². The molecule has 4 aromatic rings. The molecule has 4 rings (SSSR count). The molecule has 0 aliphatic rings. The van der Waals surface area contributed by atoms with E-state index in [1.807, 2.05) is 61.1 Å². The molecule has 0 N–H and O–H groups in total. The van der Waals surface area contributed by atoms with Crippen molar-refractivity contribution in [1.29, 1.82) is 0 Å². The summed E-state index contributed by atoms with van der Waals surface area (Å²) < 4.78 is 0. The lowest BCUT2D eigenvalue weighted by atomic mass is 10.0. The molecule has 3 aromatic heterocycles. The molecule has 0 radical (unpaired) electrons. The van der Waals surface area contributed by atoms with E-state index in [0.29, 0.717) is 13.1 Å². The molecule has 0 saturated carbocycles. The van der Waals surface area contributed by atoms with E-state index in [9.17, 15) is 0 Å². The summed E-state index contributed by atoms with van der Waals surface area (Å²) >= 11 is 0. The summed E-state index contributed by atoms with van der Waals surface area (Å²) in [7, 11) is 0. The molecule has 138 valence electrons. The van der Waals surface area contributed by atoms with Gasteiger partial charge in [-0.3, -0.25) is 19.9 Å². The van der Waals surface area contributed by atoms with E-state index in [0.717, 1.165) is 17.1 Å². The Morgan fingerprint density at radius 1 is 0.571 bits per heavy atom. The van der Waals surface area contributed by atoms with Crippen molar-refractivity contribution in [3.8, 4) is 0 Å². The molecule has 0 aliphatic heterocycles. The van der Waals surface area contributed by atoms with Gasteiger partial charge in [0.25, 0.3) is 0 Å². The quantitative estimate of drug-likeness (QED) is 0.477. The molecule has 1 atom stereocenters. The van der Waals surface area contributed by atoms with Crippen LogP contribution in [0.2, 0.25) is 0 Å². The van der Waals surface area contributed by atoms with E-state index in [-0.39, 0.29) is 6.04 Å². The van der Waals surface area contributed by atoms with Gasteiger partial charge in [-0.05, 0) is 42.0 Å². The number of hydrogen-bond acceptors (Lipinski definition) is 4. The smallest absolute Gasteiger partial charge is 0.0783 e. The van der Waals surface area contributed by atoms with E-state index < -0.39 is 0 Å². The zero-order valence-corrected chi connectivity index (χ0v) is 15.6. The molecule has 3 heterocycles. The van der Waals surface area contributed by atoms with Crippen LogP contribution in [-0.4, -0.2) is 19.9 Å². The largest absolute Gasteiger partial charge is 0.279 e.